The van der Waals surface area contributed by atoms with E-state index in [-0.39, 0.29) is 6.04 Å². The van der Waals surface area contributed by atoms with Crippen molar-refractivity contribution < 1.29 is 10.2 Å². The van der Waals surface area contributed by atoms with Gasteiger partial charge in [0.1, 0.15) is 32.2 Å². The van der Waals surface area contributed by atoms with E-state index in [1.807, 2.05) is 18.2 Å². The van der Waals surface area contributed by atoms with E-state index in [2.05, 4.69) is 23.5 Å². The maximum atomic E-state index is 9.25. The van der Waals surface area contributed by atoms with E-state index < -0.39 is 0 Å². The van der Waals surface area contributed by atoms with E-state index in [1.54, 1.807) is 0 Å². The molecule has 0 radical (unpaired) electrons. The van der Waals surface area contributed by atoms with Crippen LogP contribution in [0.5, 0.6) is 0 Å². The first-order valence-corrected chi connectivity index (χ1v) is 5.52. The van der Waals surface area contributed by atoms with Gasteiger partial charge in [0.05, 0.1) is 0 Å². The fourth-order valence-corrected chi connectivity index (χ4v) is 2.18. The summed E-state index contributed by atoms with van der Waals surface area (Å²) < 4.78 is 0. The standard InChI is InChI=1S/C12H15N3/c13-10-12(11-4-2-1-3-5-11)15-8-6-14-7-9-15/h1-5,12,14H,6-9H2/p+2/t12-/m1/s1. The Morgan fingerprint density at radius 1 is 1.20 bits per heavy atom. The highest BCUT2D eigenvalue weighted by atomic mass is 15.2. The Morgan fingerprint density at radius 2 is 1.87 bits per heavy atom. The Morgan fingerprint density at radius 3 is 2.47 bits per heavy atom. The van der Waals surface area contributed by atoms with E-state index in [0.717, 1.165) is 31.7 Å². The smallest absolute Gasteiger partial charge is 0.201 e. The van der Waals surface area contributed by atoms with Crippen LogP contribution in [0, 0.1) is 11.3 Å². The van der Waals surface area contributed by atoms with Crippen LogP contribution in [0.3, 0.4) is 0 Å². The molecule has 2 rings (SSSR count). The zero-order valence-electron chi connectivity index (χ0n) is 8.82. The summed E-state index contributed by atoms with van der Waals surface area (Å²) in [5.41, 5.74) is 1.15. The van der Waals surface area contributed by atoms with Gasteiger partial charge in [0.15, 0.2) is 0 Å². The Kier molecular flexibility index (Phi) is 3.33. The minimum atomic E-state index is 0.0138. The summed E-state index contributed by atoms with van der Waals surface area (Å²) >= 11 is 0. The molecule has 3 heteroatoms. The van der Waals surface area contributed by atoms with E-state index >= 15 is 0 Å². The topological polar surface area (TPSA) is 44.8 Å². The first-order chi connectivity index (χ1) is 7.42. The fraction of sp³-hybridized carbons (Fsp3) is 0.417. The van der Waals surface area contributed by atoms with Gasteiger partial charge < -0.3 is 10.2 Å². The normalized spacial score (nSPS) is 19.4. The molecular formula is C12H17N3+2. The lowest BCUT2D eigenvalue weighted by atomic mass is 10.1. The van der Waals surface area contributed by atoms with Crippen molar-refractivity contribution in [2.45, 2.75) is 6.04 Å². The highest BCUT2D eigenvalue weighted by Crippen LogP contribution is 2.07. The van der Waals surface area contributed by atoms with Crippen LogP contribution in [0.15, 0.2) is 30.3 Å². The highest BCUT2D eigenvalue weighted by Gasteiger charge is 2.26. The highest BCUT2D eigenvalue weighted by molar-refractivity contribution is 5.21. The molecule has 0 spiro atoms. The number of nitriles is 1. The molecule has 1 atom stereocenters. The van der Waals surface area contributed by atoms with Crippen molar-refractivity contribution in [1.82, 2.24) is 0 Å². The third-order valence-corrected chi connectivity index (χ3v) is 3.01. The van der Waals surface area contributed by atoms with Crippen LogP contribution in [0.4, 0.5) is 0 Å². The number of nitrogens with two attached hydrogens (primary N) is 1. The van der Waals surface area contributed by atoms with Gasteiger partial charge in [-0.05, 0) is 0 Å². The molecular weight excluding hydrogens is 186 g/mol. The maximum absolute atomic E-state index is 9.25. The van der Waals surface area contributed by atoms with Crippen LogP contribution in [-0.2, 0) is 0 Å². The van der Waals surface area contributed by atoms with Gasteiger partial charge in [-0.15, -0.1) is 0 Å². The van der Waals surface area contributed by atoms with Crippen molar-refractivity contribution in [3.63, 3.8) is 0 Å². The van der Waals surface area contributed by atoms with Crippen molar-refractivity contribution in [3.8, 4) is 6.07 Å². The molecule has 1 aliphatic heterocycles. The number of benzene rings is 1. The number of hydrogen-bond donors (Lipinski definition) is 2. The molecule has 0 aromatic heterocycles. The molecule has 0 saturated carbocycles. The number of quaternary nitrogens is 2. The lowest BCUT2D eigenvalue weighted by Gasteiger charge is -2.26. The van der Waals surface area contributed by atoms with Gasteiger partial charge in [-0.25, -0.2) is 0 Å². The molecule has 1 aromatic carbocycles. The second kappa shape index (κ2) is 4.92. The first-order valence-electron chi connectivity index (χ1n) is 5.52. The quantitative estimate of drug-likeness (QED) is 0.617. The van der Waals surface area contributed by atoms with Crippen LogP contribution in [0.25, 0.3) is 0 Å². The molecule has 0 unspecified atom stereocenters. The second-order valence-corrected chi connectivity index (χ2v) is 4.00. The summed E-state index contributed by atoms with van der Waals surface area (Å²) in [4.78, 5) is 1.41. The molecule has 3 N–H and O–H groups in total. The number of rotatable bonds is 2. The predicted molar refractivity (Wildman–Crippen MR) is 57.2 cm³/mol. The number of piperazine rings is 1. The molecule has 0 amide bonds. The summed E-state index contributed by atoms with van der Waals surface area (Å²) in [6.07, 6.45) is 0. The average molecular weight is 203 g/mol. The largest absolute Gasteiger partial charge is 0.337 e. The molecule has 1 fully saturated rings. The third kappa shape index (κ3) is 2.35. The molecule has 3 nitrogen and oxygen atoms in total. The first kappa shape index (κ1) is 10.2. The van der Waals surface area contributed by atoms with Gasteiger partial charge in [0.25, 0.3) is 0 Å². The van der Waals surface area contributed by atoms with Crippen LogP contribution in [0.2, 0.25) is 0 Å². The van der Waals surface area contributed by atoms with Crippen LogP contribution in [-0.4, -0.2) is 26.2 Å². The monoisotopic (exact) mass is 203 g/mol. The Labute approximate surface area is 90.3 Å². The summed E-state index contributed by atoms with van der Waals surface area (Å²) in [6, 6.07) is 12.6. The Balaban J connectivity index is 2.14. The zero-order chi connectivity index (χ0) is 10.5. The summed E-state index contributed by atoms with van der Waals surface area (Å²) in [5.74, 6) is 0. The van der Waals surface area contributed by atoms with Crippen molar-refractivity contribution in [2.24, 2.45) is 0 Å². The van der Waals surface area contributed by atoms with Gasteiger partial charge in [-0.3, -0.25) is 0 Å². The van der Waals surface area contributed by atoms with Crippen LogP contribution < -0.4 is 10.2 Å². The van der Waals surface area contributed by atoms with E-state index in [1.165, 1.54) is 4.90 Å². The number of hydrogen-bond acceptors (Lipinski definition) is 1. The molecule has 0 aliphatic carbocycles. The minimum absolute atomic E-state index is 0.0138. The van der Waals surface area contributed by atoms with Crippen molar-refractivity contribution in [2.75, 3.05) is 26.2 Å². The van der Waals surface area contributed by atoms with Gasteiger partial charge in [0, 0.05) is 5.56 Å². The summed E-state index contributed by atoms with van der Waals surface area (Å²) in [7, 11) is 0. The fourth-order valence-electron chi connectivity index (χ4n) is 2.18. The predicted octanol–water partition coefficient (Wildman–Crippen LogP) is -1.29. The molecule has 15 heavy (non-hydrogen) atoms. The SMILES string of the molecule is N#C[C@H](c1ccccc1)[NH+]1CC[NH2+]CC1. The third-order valence-electron chi connectivity index (χ3n) is 3.01. The van der Waals surface area contributed by atoms with Gasteiger partial charge in [-0.2, -0.15) is 5.26 Å². The molecule has 1 aromatic rings. The van der Waals surface area contributed by atoms with Crippen molar-refractivity contribution in [3.05, 3.63) is 35.9 Å². The molecule has 1 heterocycles. The van der Waals surface area contributed by atoms with E-state index in [4.69, 9.17) is 0 Å². The zero-order valence-corrected chi connectivity index (χ0v) is 8.82. The summed E-state index contributed by atoms with van der Waals surface area (Å²) in [5, 5.41) is 11.6. The van der Waals surface area contributed by atoms with E-state index in [9.17, 15) is 5.26 Å². The lowest BCUT2D eigenvalue weighted by molar-refractivity contribution is -0.965. The minimum Gasteiger partial charge on any atom is -0.337 e. The number of nitrogens with zero attached hydrogens (tertiary/aromatic N) is 1. The van der Waals surface area contributed by atoms with Gasteiger partial charge in [0.2, 0.25) is 6.04 Å². The summed E-state index contributed by atoms with van der Waals surface area (Å²) in [6.45, 7) is 4.46. The van der Waals surface area contributed by atoms with Crippen LogP contribution in [0.1, 0.15) is 11.6 Å². The maximum Gasteiger partial charge on any atom is 0.201 e. The number of nitrogens with one attached hydrogen (secondary N) is 1. The average Bonchev–Trinajstić information content (AvgIpc) is 2.33. The second-order valence-electron chi connectivity index (χ2n) is 4.00. The lowest BCUT2D eigenvalue weighted by Crippen LogP contribution is -3.20. The van der Waals surface area contributed by atoms with E-state index in [0.29, 0.717) is 0 Å². The molecule has 1 aliphatic rings. The van der Waals surface area contributed by atoms with Crippen LogP contribution >= 0.6 is 0 Å². The van der Waals surface area contributed by atoms with Crippen molar-refractivity contribution >= 4 is 0 Å². The molecule has 1 saturated heterocycles. The Hall–Kier alpha value is -1.37. The Bertz CT molecular complexity index is 336. The molecule has 0 bridgehead atoms. The van der Waals surface area contributed by atoms with Gasteiger partial charge in [-0.1, -0.05) is 30.3 Å². The molecule has 78 valence electrons. The van der Waals surface area contributed by atoms with Crippen molar-refractivity contribution in [1.29, 1.82) is 5.26 Å². The van der Waals surface area contributed by atoms with Gasteiger partial charge >= 0.3 is 0 Å².